The van der Waals surface area contributed by atoms with Gasteiger partial charge in [-0.25, -0.2) is 0 Å². The van der Waals surface area contributed by atoms with E-state index in [1.54, 1.807) is 0 Å². The van der Waals surface area contributed by atoms with Gasteiger partial charge in [0.25, 0.3) is 0 Å². The van der Waals surface area contributed by atoms with Crippen LogP contribution in [0.3, 0.4) is 0 Å². The molecule has 0 radical (unpaired) electrons. The molecule has 0 aromatic heterocycles. The minimum absolute atomic E-state index is 0.296. The van der Waals surface area contributed by atoms with Crippen LogP contribution in [0.15, 0.2) is 18.2 Å². The van der Waals surface area contributed by atoms with Gasteiger partial charge in [-0.3, -0.25) is 0 Å². The number of hydrogen-bond acceptors (Lipinski definition) is 2. The van der Waals surface area contributed by atoms with E-state index in [2.05, 4.69) is 4.90 Å². The van der Waals surface area contributed by atoms with Crippen LogP contribution >= 0.6 is 23.2 Å². The minimum Gasteiger partial charge on any atom is -0.330 e. The Morgan fingerprint density at radius 3 is 2.40 bits per heavy atom. The lowest BCUT2D eigenvalue weighted by Gasteiger charge is -2.24. The summed E-state index contributed by atoms with van der Waals surface area (Å²) < 4.78 is 0. The standard InChI is InChI=1S/C11H16Cl2N2/c1-15(2)11(5-6-14)8-3-4-9(12)10(13)7-8/h3-4,7,11H,5-6,14H2,1-2H3. The third-order valence-corrected chi connectivity index (χ3v) is 3.13. The number of nitrogens with zero attached hydrogens (tertiary/aromatic N) is 1. The highest BCUT2D eigenvalue weighted by atomic mass is 35.5. The van der Waals surface area contributed by atoms with Crippen molar-refractivity contribution in [2.45, 2.75) is 12.5 Å². The normalized spacial score (nSPS) is 13.2. The highest BCUT2D eigenvalue weighted by molar-refractivity contribution is 6.42. The fourth-order valence-corrected chi connectivity index (χ4v) is 1.91. The molecule has 0 spiro atoms. The molecule has 0 amide bonds. The average Bonchev–Trinajstić information content (AvgIpc) is 2.18. The van der Waals surface area contributed by atoms with Crippen molar-refractivity contribution in [3.63, 3.8) is 0 Å². The molecule has 0 saturated carbocycles. The Hall–Kier alpha value is -0.280. The van der Waals surface area contributed by atoms with E-state index in [0.717, 1.165) is 12.0 Å². The topological polar surface area (TPSA) is 29.3 Å². The van der Waals surface area contributed by atoms with Crippen LogP contribution in [-0.4, -0.2) is 25.5 Å². The van der Waals surface area contributed by atoms with E-state index in [1.165, 1.54) is 0 Å². The van der Waals surface area contributed by atoms with Crippen LogP contribution in [-0.2, 0) is 0 Å². The van der Waals surface area contributed by atoms with Gasteiger partial charge >= 0.3 is 0 Å². The summed E-state index contributed by atoms with van der Waals surface area (Å²) in [6.07, 6.45) is 0.908. The van der Waals surface area contributed by atoms with Crippen LogP contribution < -0.4 is 5.73 Å². The molecule has 0 saturated heterocycles. The van der Waals surface area contributed by atoms with Crippen LogP contribution in [0.1, 0.15) is 18.0 Å². The van der Waals surface area contributed by atoms with Crippen molar-refractivity contribution < 1.29 is 0 Å². The van der Waals surface area contributed by atoms with E-state index in [-0.39, 0.29) is 0 Å². The molecule has 2 nitrogen and oxygen atoms in total. The zero-order valence-corrected chi connectivity index (χ0v) is 10.5. The zero-order valence-electron chi connectivity index (χ0n) is 9.00. The molecule has 0 heterocycles. The first kappa shape index (κ1) is 12.8. The average molecular weight is 247 g/mol. The Labute approximate surface area is 101 Å². The summed E-state index contributed by atoms with van der Waals surface area (Å²) in [5.74, 6) is 0. The van der Waals surface area contributed by atoms with Crippen molar-refractivity contribution in [1.29, 1.82) is 0 Å². The van der Waals surface area contributed by atoms with Gasteiger partial charge < -0.3 is 10.6 Å². The molecule has 1 atom stereocenters. The molecule has 1 rings (SSSR count). The first-order chi connectivity index (χ1) is 7.06. The lowest BCUT2D eigenvalue weighted by atomic mass is 10.0. The lowest BCUT2D eigenvalue weighted by molar-refractivity contribution is 0.287. The van der Waals surface area contributed by atoms with E-state index in [1.807, 2.05) is 32.3 Å². The molecule has 0 bridgehead atoms. The van der Waals surface area contributed by atoms with Gasteiger partial charge in [-0.1, -0.05) is 29.3 Å². The smallest absolute Gasteiger partial charge is 0.0595 e. The monoisotopic (exact) mass is 246 g/mol. The Morgan fingerprint density at radius 1 is 1.27 bits per heavy atom. The van der Waals surface area contributed by atoms with E-state index in [4.69, 9.17) is 28.9 Å². The second kappa shape index (κ2) is 5.71. The van der Waals surface area contributed by atoms with E-state index in [9.17, 15) is 0 Å². The van der Waals surface area contributed by atoms with Crippen molar-refractivity contribution >= 4 is 23.2 Å². The molecule has 0 aliphatic rings. The zero-order chi connectivity index (χ0) is 11.4. The number of benzene rings is 1. The van der Waals surface area contributed by atoms with Gasteiger partial charge in [-0.2, -0.15) is 0 Å². The highest BCUT2D eigenvalue weighted by Crippen LogP contribution is 2.28. The van der Waals surface area contributed by atoms with Crippen molar-refractivity contribution in [3.8, 4) is 0 Å². The van der Waals surface area contributed by atoms with Gasteiger partial charge in [-0.15, -0.1) is 0 Å². The summed E-state index contributed by atoms with van der Waals surface area (Å²) in [6, 6.07) is 6.02. The largest absolute Gasteiger partial charge is 0.330 e. The van der Waals surface area contributed by atoms with Crippen LogP contribution in [0.4, 0.5) is 0 Å². The second-order valence-corrected chi connectivity index (χ2v) is 4.54. The molecule has 1 unspecified atom stereocenters. The third kappa shape index (κ3) is 3.35. The molecule has 1 aromatic carbocycles. The molecule has 0 fully saturated rings. The van der Waals surface area contributed by atoms with Crippen molar-refractivity contribution in [2.75, 3.05) is 20.6 Å². The van der Waals surface area contributed by atoms with E-state index >= 15 is 0 Å². The molecule has 2 N–H and O–H groups in total. The summed E-state index contributed by atoms with van der Waals surface area (Å²) >= 11 is 11.9. The van der Waals surface area contributed by atoms with Crippen molar-refractivity contribution in [2.24, 2.45) is 5.73 Å². The van der Waals surface area contributed by atoms with Gasteiger partial charge in [0.2, 0.25) is 0 Å². The van der Waals surface area contributed by atoms with Gasteiger partial charge in [0.15, 0.2) is 0 Å². The molecule has 4 heteroatoms. The Kier molecular flexibility index (Phi) is 4.87. The van der Waals surface area contributed by atoms with Gasteiger partial charge in [-0.05, 0) is 44.8 Å². The Bertz CT molecular complexity index is 326. The maximum absolute atomic E-state index is 5.98. The minimum atomic E-state index is 0.296. The number of nitrogens with two attached hydrogens (primary N) is 1. The van der Waals surface area contributed by atoms with Gasteiger partial charge in [0, 0.05) is 6.04 Å². The summed E-state index contributed by atoms with van der Waals surface area (Å²) in [6.45, 7) is 0.656. The predicted molar refractivity (Wildman–Crippen MR) is 66.6 cm³/mol. The molecule has 15 heavy (non-hydrogen) atoms. The second-order valence-electron chi connectivity index (χ2n) is 3.73. The maximum Gasteiger partial charge on any atom is 0.0595 e. The van der Waals surface area contributed by atoms with Crippen LogP contribution in [0, 0.1) is 0 Å². The Morgan fingerprint density at radius 2 is 1.93 bits per heavy atom. The third-order valence-electron chi connectivity index (χ3n) is 2.39. The summed E-state index contributed by atoms with van der Waals surface area (Å²) in [4.78, 5) is 2.13. The lowest BCUT2D eigenvalue weighted by Crippen LogP contribution is -2.22. The summed E-state index contributed by atoms with van der Waals surface area (Å²) in [5, 5.41) is 1.18. The molecule has 0 aliphatic heterocycles. The maximum atomic E-state index is 5.98. The quantitative estimate of drug-likeness (QED) is 0.886. The highest BCUT2D eigenvalue weighted by Gasteiger charge is 2.13. The van der Waals surface area contributed by atoms with Gasteiger partial charge in [0.1, 0.15) is 0 Å². The fraction of sp³-hybridized carbons (Fsp3) is 0.455. The van der Waals surface area contributed by atoms with Crippen molar-refractivity contribution in [3.05, 3.63) is 33.8 Å². The van der Waals surface area contributed by atoms with Crippen LogP contribution in [0.2, 0.25) is 10.0 Å². The summed E-state index contributed by atoms with van der Waals surface area (Å²) in [7, 11) is 4.06. The molecule has 0 aliphatic carbocycles. The Balaban J connectivity index is 2.95. The molecule has 84 valence electrons. The van der Waals surface area contributed by atoms with Crippen LogP contribution in [0.25, 0.3) is 0 Å². The van der Waals surface area contributed by atoms with Crippen molar-refractivity contribution in [1.82, 2.24) is 4.90 Å². The van der Waals surface area contributed by atoms with Crippen LogP contribution in [0.5, 0.6) is 0 Å². The number of halogens is 2. The first-order valence-electron chi connectivity index (χ1n) is 4.87. The SMILES string of the molecule is CN(C)C(CCN)c1ccc(Cl)c(Cl)c1. The van der Waals surface area contributed by atoms with E-state index in [0.29, 0.717) is 22.6 Å². The number of rotatable bonds is 4. The summed E-state index contributed by atoms with van der Waals surface area (Å²) in [5.41, 5.74) is 6.74. The molecular formula is C11H16Cl2N2. The molecule has 1 aromatic rings. The molecular weight excluding hydrogens is 231 g/mol. The first-order valence-corrected chi connectivity index (χ1v) is 5.63. The number of hydrogen-bond donors (Lipinski definition) is 1. The van der Waals surface area contributed by atoms with Gasteiger partial charge in [0.05, 0.1) is 10.0 Å². The fourth-order valence-electron chi connectivity index (χ4n) is 1.60. The predicted octanol–water partition coefficient (Wildman–Crippen LogP) is 2.94. The van der Waals surface area contributed by atoms with E-state index < -0.39 is 0 Å².